The van der Waals surface area contributed by atoms with Crippen molar-refractivity contribution in [3.63, 3.8) is 0 Å². The number of nitrogens with two attached hydrogens (primary N) is 1. The summed E-state index contributed by atoms with van der Waals surface area (Å²) < 4.78 is 0. The third-order valence-electron chi connectivity index (χ3n) is 2.98. The largest absolute Gasteiger partial charge is 0.480 e. The maximum atomic E-state index is 11.3. The van der Waals surface area contributed by atoms with Crippen molar-refractivity contribution < 1.29 is 14.7 Å². The molecule has 0 fully saturated rings. The van der Waals surface area contributed by atoms with E-state index in [4.69, 9.17) is 5.73 Å². The molecule has 5 nitrogen and oxygen atoms in total. The van der Waals surface area contributed by atoms with Crippen LogP contribution in [-0.4, -0.2) is 29.6 Å². The molecule has 0 aliphatic carbocycles. The Hall–Kier alpha value is -1.88. The molecule has 0 unspecified atom stereocenters. The van der Waals surface area contributed by atoms with Crippen molar-refractivity contribution in [3.05, 3.63) is 35.9 Å². The van der Waals surface area contributed by atoms with E-state index >= 15 is 0 Å². The van der Waals surface area contributed by atoms with Gasteiger partial charge in [0.25, 0.3) is 0 Å². The lowest BCUT2D eigenvalue weighted by Gasteiger charge is -2.32. The molecule has 0 aromatic heterocycles. The Morgan fingerprint density at radius 1 is 1.33 bits per heavy atom. The number of carbonyl (C=O) groups excluding carboxylic acids is 1. The molecular weight excluding hydrogens is 232 g/mol. The Morgan fingerprint density at radius 2 is 1.89 bits per heavy atom. The summed E-state index contributed by atoms with van der Waals surface area (Å²) in [6.07, 6.45) is 0. The van der Waals surface area contributed by atoms with Gasteiger partial charge in [-0.15, -0.1) is 0 Å². The fourth-order valence-corrected chi connectivity index (χ4v) is 1.81. The topological polar surface area (TPSA) is 92.4 Å². The van der Waals surface area contributed by atoms with Gasteiger partial charge in [-0.1, -0.05) is 44.2 Å². The van der Waals surface area contributed by atoms with E-state index in [2.05, 4.69) is 5.32 Å². The summed E-state index contributed by atoms with van der Waals surface area (Å²) in [6, 6.07) is 8.18. The molecule has 98 valence electrons. The molecule has 1 aromatic carbocycles. The van der Waals surface area contributed by atoms with Crippen LogP contribution in [0, 0.1) is 0 Å². The molecule has 4 N–H and O–H groups in total. The molecule has 5 heteroatoms. The number of carbonyl (C=O) groups is 2. The van der Waals surface area contributed by atoms with Gasteiger partial charge in [0.1, 0.15) is 6.04 Å². The van der Waals surface area contributed by atoms with E-state index in [0.29, 0.717) is 0 Å². The van der Waals surface area contributed by atoms with Crippen molar-refractivity contribution in [1.82, 2.24) is 5.32 Å². The summed E-state index contributed by atoms with van der Waals surface area (Å²) >= 11 is 0. The minimum absolute atomic E-state index is 0.228. The van der Waals surface area contributed by atoms with Gasteiger partial charge < -0.3 is 16.2 Å². The van der Waals surface area contributed by atoms with Crippen LogP contribution in [0.4, 0.5) is 0 Å². The quantitative estimate of drug-likeness (QED) is 0.709. The van der Waals surface area contributed by atoms with Crippen molar-refractivity contribution in [3.8, 4) is 0 Å². The van der Waals surface area contributed by atoms with Gasteiger partial charge >= 0.3 is 5.97 Å². The van der Waals surface area contributed by atoms with Crippen LogP contribution in [0.3, 0.4) is 0 Å². The van der Waals surface area contributed by atoms with E-state index in [1.54, 1.807) is 13.8 Å². The van der Waals surface area contributed by atoms with Gasteiger partial charge in [-0.2, -0.15) is 0 Å². The zero-order valence-corrected chi connectivity index (χ0v) is 10.5. The van der Waals surface area contributed by atoms with Gasteiger partial charge in [0.05, 0.1) is 6.54 Å². The summed E-state index contributed by atoms with van der Waals surface area (Å²) in [5, 5.41) is 11.7. The van der Waals surface area contributed by atoms with Crippen LogP contribution in [0.5, 0.6) is 0 Å². The molecule has 0 heterocycles. The highest BCUT2D eigenvalue weighted by atomic mass is 16.4. The van der Waals surface area contributed by atoms with Crippen molar-refractivity contribution in [2.75, 3.05) is 6.54 Å². The highest BCUT2D eigenvalue weighted by molar-refractivity contribution is 5.85. The maximum absolute atomic E-state index is 11.3. The van der Waals surface area contributed by atoms with Gasteiger partial charge in [0, 0.05) is 5.41 Å². The van der Waals surface area contributed by atoms with E-state index in [1.807, 2.05) is 30.3 Å². The Labute approximate surface area is 106 Å². The molecule has 0 aliphatic rings. The first-order valence-corrected chi connectivity index (χ1v) is 5.67. The van der Waals surface area contributed by atoms with E-state index < -0.39 is 23.3 Å². The Bertz CT molecular complexity index is 429. The molecule has 0 saturated heterocycles. The molecule has 0 bridgehead atoms. The van der Waals surface area contributed by atoms with Gasteiger partial charge in [0.15, 0.2) is 0 Å². The van der Waals surface area contributed by atoms with Crippen LogP contribution in [0.25, 0.3) is 0 Å². The first kappa shape index (κ1) is 14.2. The summed E-state index contributed by atoms with van der Waals surface area (Å²) in [5.74, 6) is -1.56. The number of benzene rings is 1. The lowest BCUT2D eigenvalue weighted by atomic mass is 9.77. The Kier molecular flexibility index (Phi) is 4.44. The molecule has 0 saturated carbocycles. The fourth-order valence-electron chi connectivity index (χ4n) is 1.81. The smallest absolute Gasteiger partial charge is 0.327 e. The van der Waals surface area contributed by atoms with Crippen LogP contribution in [-0.2, 0) is 15.0 Å². The summed E-state index contributed by atoms with van der Waals surface area (Å²) in [6.45, 7) is 3.32. The van der Waals surface area contributed by atoms with E-state index in [1.165, 1.54) is 0 Å². The van der Waals surface area contributed by atoms with Crippen LogP contribution < -0.4 is 11.1 Å². The van der Waals surface area contributed by atoms with E-state index in [0.717, 1.165) is 5.56 Å². The maximum Gasteiger partial charge on any atom is 0.327 e. The first-order valence-electron chi connectivity index (χ1n) is 5.67. The van der Waals surface area contributed by atoms with Gasteiger partial charge in [0.2, 0.25) is 5.91 Å². The van der Waals surface area contributed by atoms with Crippen LogP contribution >= 0.6 is 0 Å². The van der Waals surface area contributed by atoms with E-state index in [-0.39, 0.29) is 6.54 Å². The first-order chi connectivity index (χ1) is 8.39. The number of amides is 1. The lowest BCUT2D eigenvalue weighted by Crippen LogP contribution is -2.53. The number of hydrogen-bond donors (Lipinski definition) is 3. The Morgan fingerprint density at radius 3 is 2.33 bits per heavy atom. The molecule has 1 aromatic rings. The molecule has 0 radical (unpaired) electrons. The molecule has 18 heavy (non-hydrogen) atoms. The van der Waals surface area contributed by atoms with E-state index in [9.17, 15) is 14.7 Å². The van der Waals surface area contributed by atoms with Crippen LogP contribution in [0.15, 0.2) is 30.3 Å². The second-order valence-corrected chi connectivity index (χ2v) is 4.63. The van der Waals surface area contributed by atoms with Gasteiger partial charge in [-0.25, -0.2) is 4.79 Å². The zero-order chi connectivity index (χ0) is 13.8. The SMILES string of the molecule is CC(C)(c1ccccc1)[C@@H](NC(=O)CN)C(=O)O. The van der Waals surface area contributed by atoms with Crippen LogP contribution in [0.2, 0.25) is 0 Å². The van der Waals surface area contributed by atoms with Gasteiger partial charge in [-0.05, 0) is 5.56 Å². The lowest BCUT2D eigenvalue weighted by molar-refractivity contribution is -0.143. The average Bonchev–Trinajstić information content (AvgIpc) is 2.36. The standard InChI is InChI=1S/C13H18N2O3/c1-13(2,9-6-4-3-5-7-9)11(12(17)18)15-10(16)8-14/h3-7,11H,8,14H2,1-2H3,(H,15,16)(H,17,18)/t11-/m0/s1. The molecule has 0 spiro atoms. The Balaban J connectivity index is 3.04. The summed E-state index contributed by atoms with van der Waals surface area (Å²) in [5.41, 5.74) is 5.32. The number of carboxylic acids is 1. The minimum atomic E-state index is -1.08. The third-order valence-corrected chi connectivity index (χ3v) is 2.98. The zero-order valence-electron chi connectivity index (χ0n) is 10.5. The second kappa shape index (κ2) is 5.64. The van der Waals surface area contributed by atoms with Crippen molar-refractivity contribution >= 4 is 11.9 Å². The van der Waals surface area contributed by atoms with Crippen LogP contribution in [0.1, 0.15) is 19.4 Å². The minimum Gasteiger partial charge on any atom is -0.480 e. The van der Waals surface area contributed by atoms with Crippen molar-refractivity contribution in [2.24, 2.45) is 5.73 Å². The predicted molar refractivity (Wildman–Crippen MR) is 68.1 cm³/mol. The third kappa shape index (κ3) is 3.07. The molecule has 1 amide bonds. The monoisotopic (exact) mass is 250 g/mol. The summed E-state index contributed by atoms with van der Waals surface area (Å²) in [7, 11) is 0. The molecular formula is C13H18N2O3. The van der Waals surface area contributed by atoms with Crippen molar-refractivity contribution in [2.45, 2.75) is 25.3 Å². The molecule has 1 rings (SSSR count). The fraction of sp³-hybridized carbons (Fsp3) is 0.385. The number of hydrogen-bond acceptors (Lipinski definition) is 3. The predicted octanol–water partition coefficient (Wildman–Crippen LogP) is 0.492. The highest BCUT2D eigenvalue weighted by Gasteiger charge is 2.37. The molecule has 0 aliphatic heterocycles. The number of aliphatic carboxylic acids is 1. The number of nitrogens with one attached hydrogen (secondary N) is 1. The second-order valence-electron chi connectivity index (χ2n) is 4.63. The van der Waals surface area contributed by atoms with Gasteiger partial charge in [-0.3, -0.25) is 4.79 Å². The summed E-state index contributed by atoms with van der Waals surface area (Å²) in [4.78, 5) is 22.6. The number of rotatable bonds is 5. The number of carboxylic acid groups (broad SMARTS) is 1. The van der Waals surface area contributed by atoms with Crippen molar-refractivity contribution in [1.29, 1.82) is 0 Å². The average molecular weight is 250 g/mol. The normalized spacial score (nSPS) is 12.8. The molecule has 1 atom stereocenters. The highest BCUT2D eigenvalue weighted by Crippen LogP contribution is 2.27.